The lowest BCUT2D eigenvalue weighted by Gasteiger charge is -2.45. The van der Waals surface area contributed by atoms with Gasteiger partial charge in [0.15, 0.2) is 5.78 Å². The summed E-state index contributed by atoms with van der Waals surface area (Å²) in [4.78, 5) is 24.3. The van der Waals surface area contributed by atoms with Crippen LogP contribution in [-0.4, -0.2) is 11.8 Å². The second kappa shape index (κ2) is 5.53. The van der Waals surface area contributed by atoms with Gasteiger partial charge in [-0.2, -0.15) is 0 Å². The highest BCUT2D eigenvalue weighted by Crippen LogP contribution is 2.50. The second-order valence-electron chi connectivity index (χ2n) is 7.27. The van der Waals surface area contributed by atoms with E-state index in [1.807, 2.05) is 12.1 Å². The van der Waals surface area contributed by atoms with Gasteiger partial charge < -0.3 is 4.74 Å². The van der Waals surface area contributed by atoms with Crippen LogP contribution in [0.2, 0.25) is 0 Å². The smallest absolute Gasteiger partial charge is 0.313 e. The molecule has 0 aromatic heterocycles. The Labute approximate surface area is 132 Å². The van der Waals surface area contributed by atoms with Gasteiger partial charge in [-0.15, -0.1) is 0 Å². The first-order chi connectivity index (χ1) is 10.4. The summed E-state index contributed by atoms with van der Waals surface area (Å²) in [5, 5.41) is 0. The van der Waals surface area contributed by atoms with Gasteiger partial charge in [0, 0.05) is 12.0 Å². The van der Waals surface area contributed by atoms with Crippen LogP contribution in [0.15, 0.2) is 18.2 Å². The van der Waals surface area contributed by atoms with Gasteiger partial charge in [0.2, 0.25) is 0 Å². The Morgan fingerprint density at radius 2 is 2.09 bits per heavy atom. The normalized spacial score (nSPS) is 27.3. The minimum absolute atomic E-state index is 0.0993. The number of benzene rings is 1. The molecule has 2 aliphatic carbocycles. The Kier molecular flexibility index (Phi) is 3.84. The number of hydrogen-bond donors (Lipinski definition) is 0. The first-order valence-corrected chi connectivity index (χ1v) is 8.31. The van der Waals surface area contributed by atoms with Crippen molar-refractivity contribution < 1.29 is 14.3 Å². The zero-order valence-electron chi connectivity index (χ0n) is 13.6. The Morgan fingerprint density at radius 1 is 1.32 bits per heavy atom. The third-order valence-electron chi connectivity index (χ3n) is 5.43. The number of rotatable bonds is 2. The van der Waals surface area contributed by atoms with Crippen LogP contribution in [0.25, 0.3) is 0 Å². The molecule has 0 N–H and O–H groups in total. The predicted molar refractivity (Wildman–Crippen MR) is 85.2 cm³/mol. The largest absolute Gasteiger partial charge is 0.426 e. The molecule has 3 heteroatoms. The molecule has 1 aromatic rings. The maximum Gasteiger partial charge on any atom is 0.313 e. The van der Waals surface area contributed by atoms with Crippen molar-refractivity contribution in [2.45, 2.75) is 58.3 Å². The molecule has 0 bridgehead atoms. The van der Waals surface area contributed by atoms with Gasteiger partial charge >= 0.3 is 5.97 Å². The van der Waals surface area contributed by atoms with E-state index in [9.17, 15) is 9.59 Å². The van der Waals surface area contributed by atoms with E-state index < -0.39 is 0 Å². The minimum Gasteiger partial charge on any atom is -0.426 e. The first-order valence-electron chi connectivity index (χ1n) is 8.31. The number of hydrogen-bond acceptors (Lipinski definition) is 3. The third kappa shape index (κ3) is 2.47. The van der Waals surface area contributed by atoms with E-state index in [4.69, 9.17) is 4.74 Å². The van der Waals surface area contributed by atoms with Crippen molar-refractivity contribution in [3.63, 3.8) is 0 Å². The van der Waals surface area contributed by atoms with Gasteiger partial charge in [0.1, 0.15) is 5.75 Å². The quantitative estimate of drug-likeness (QED) is 0.604. The van der Waals surface area contributed by atoms with Gasteiger partial charge in [-0.1, -0.05) is 39.7 Å². The fourth-order valence-electron chi connectivity index (χ4n) is 3.97. The molecule has 0 radical (unpaired) electrons. The minimum atomic E-state index is -0.259. The summed E-state index contributed by atoms with van der Waals surface area (Å²) in [5.41, 5.74) is 2.01. The molecule has 3 nitrogen and oxygen atoms in total. The molecule has 2 atom stereocenters. The SMILES string of the molecule is CC(C)C(=O)Oc1ccc2c(c1)C(=O)CC1CCCC[C@]21C. The standard InChI is InChI=1S/C19H24O3/c1-12(2)18(21)22-14-7-8-16-15(11-14)17(20)10-13-6-4-5-9-19(13,16)3/h7-8,11-13H,4-6,9-10H2,1-3H3/t13?,19-/m0/s1. The Bertz CT molecular complexity index is 617. The van der Waals surface area contributed by atoms with Crippen molar-refractivity contribution in [2.24, 2.45) is 11.8 Å². The van der Waals surface area contributed by atoms with Crippen molar-refractivity contribution in [1.29, 1.82) is 0 Å². The summed E-state index contributed by atoms with van der Waals surface area (Å²) < 4.78 is 5.37. The Hall–Kier alpha value is -1.64. The van der Waals surface area contributed by atoms with E-state index in [1.165, 1.54) is 12.8 Å². The second-order valence-corrected chi connectivity index (χ2v) is 7.27. The monoisotopic (exact) mass is 300 g/mol. The van der Waals surface area contributed by atoms with E-state index >= 15 is 0 Å². The van der Waals surface area contributed by atoms with Gasteiger partial charge in [0.05, 0.1) is 5.92 Å². The van der Waals surface area contributed by atoms with E-state index in [1.54, 1.807) is 19.9 Å². The highest BCUT2D eigenvalue weighted by Gasteiger charge is 2.44. The molecule has 0 saturated heterocycles. The van der Waals surface area contributed by atoms with Crippen LogP contribution in [0.5, 0.6) is 5.75 Å². The number of fused-ring (bicyclic) bond motifs is 3. The number of carbonyl (C=O) groups excluding carboxylic acids is 2. The van der Waals surface area contributed by atoms with Gasteiger partial charge in [-0.25, -0.2) is 0 Å². The molecule has 0 heterocycles. The number of ketones is 1. The fourth-order valence-corrected chi connectivity index (χ4v) is 3.97. The van der Waals surface area contributed by atoms with Gasteiger partial charge in [-0.3, -0.25) is 9.59 Å². The van der Waals surface area contributed by atoms with Crippen LogP contribution in [0.4, 0.5) is 0 Å². The summed E-state index contributed by atoms with van der Waals surface area (Å²) in [6.45, 7) is 5.90. The molecule has 3 rings (SSSR count). The van der Waals surface area contributed by atoms with Crippen molar-refractivity contribution in [3.8, 4) is 5.75 Å². The molecular formula is C19H24O3. The van der Waals surface area contributed by atoms with Crippen molar-refractivity contribution in [1.82, 2.24) is 0 Å². The number of carbonyl (C=O) groups is 2. The number of esters is 1. The zero-order chi connectivity index (χ0) is 15.9. The van der Waals surface area contributed by atoms with Gasteiger partial charge in [0.25, 0.3) is 0 Å². The average Bonchev–Trinajstić information content (AvgIpc) is 2.48. The molecule has 1 aromatic carbocycles. The molecule has 1 unspecified atom stereocenters. The van der Waals surface area contributed by atoms with Crippen LogP contribution < -0.4 is 4.74 Å². The topological polar surface area (TPSA) is 43.4 Å². The van der Waals surface area contributed by atoms with Crippen LogP contribution in [0.3, 0.4) is 0 Å². The highest BCUT2D eigenvalue weighted by atomic mass is 16.5. The number of ether oxygens (including phenoxy) is 1. The molecule has 0 aliphatic heterocycles. The molecular weight excluding hydrogens is 276 g/mol. The number of Topliss-reactive ketones (excluding diaryl/α,β-unsaturated/α-hetero) is 1. The molecule has 2 aliphatic rings. The van der Waals surface area contributed by atoms with E-state index in [0.717, 1.165) is 24.0 Å². The molecule has 0 amide bonds. The third-order valence-corrected chi connectivity index (χ3v) is 5.43. The maximum absolute atomic E-state index is 12.5. The van der Waals surface area contributed by atoms with Crippen LogP contribution >= 0.6 is 0 Å². The zero-order valence-corrected chi connectivity index (χ0v) is 13.6. The molecule has 0 spiro atoms. The van der Waals surface area contributed by atoms with Crippen molar-refractivity contribution in [3.05, 3.63) is 29.3 Å². The lowest BCUT2D eigenvalue weighted by Crippen LogP contribution is -2.41. The molecule has 118 valence electrons. The molecule has 1 fully saturated rings. The maximum atomic E-state index is 12.5. The molecule has 22 heavy (non-hydrogen) atoms. The Morgan fingerprint density at radius 3 is 2.82 bits per heavy atom. The lowest BCUT2D eigenvalue weighted by molar-refractivity contribution is -0.137. The van der Waals surface area contributed by atoms with Crippen molar-refractivity contribution >= 4 is 11.8 Å². The van der Waals surface area contributed by atoms with E-state index in [0.29, 0.717) is 18.1 Å². The summed E-state index contributed by atoms with van der Waals surface area (Å²) in [6.07, 6.45) is 5.37. The fraction of sp³-hybridized carbons (Fsp3) is 0.579. The van der Waals surface area contributed by atoms with Gasteiger partial charge in [-0.05, 0) is 41.9 Å². The average molecular weight is 300 g/mol. The summed E-state index contributed by atoms with van der Waals surface area (Å²) in [5.74, 6) is 0.715. The van der Waals surface area contributed by atoms with Crippen LogP contribution in [-0.2, 0) is 10.2 Å². The van der Waals surface area contributed by atoms with Crippen LogP contribution in [0.1, 0.15) is 68.8 Å². The predicted octanol–water partition coefficient (Wildman–Crippen LogP) is 4.28. The summed E-state index contributed by atoms with van der Waals surface area (Å²) in [6, 6.07) is 5.62. The first kappa shape index (κ1) is 15.3. The van der Waals surface area contributed by atoms with Crippen molar-refractivity contribution in [2.75, 3.05) is 0 Å². The lowest BCUT2D eigenvalue weighted by atomic mass is 9.58. The molecule has 1 saturated carbocycles. The van der Waals surface area contributed by atoms with Crippen LogP contribution in [0, 0.1) is 11.8 Å². The highest BCUT2D eigenvalue weighted by molar-refractivity contribution is 6.00. The summed E-state index contributed by atoms with van der Waals surface area (Å²) in [7, 11) is 0. The summed E-state index contributed by atoms with van der Waals surface area (Å²) >= 11 is 0. The Balaban J connectivity index is 1.96. The van der Waals surface area contributed by atoms with E-state index in [-0.39, 0.29) is 23.1 Å². The van der Waals surface area contributed by atoms with E-state index in [2.05, 4.69) is 6.92 Å².